The Kier molecular flexibility index (Phi) is 20.4. The zero-order chi connectivity index (χ0) is 21.6. The highest BCUT2D eigenvalue weighted by molar-refractivity contribution is 5.73. The molecule has 0 atom stereocenters. The first kappa shape index (κ1) is 28.5. The fourth-order valence-corrected chi connectivity index (χ4v) is 4.11. The first-order valence-corrected chi connectivity index (χ1v) is 13.2. The van der Waals surface area contributed by atoms with Gasteiger partial charge in [-0.3, -0.25) is 4.79 Å². The molecule has 2 heteroatoms. The number of hydrogen-bond donors (Lipinski definition) is 1. The molecule has 174 valence electrons. The third kappa shape index (κ3) is 20.5. The SMILES string of the molecule is CCCCCCCCCCCCCCCCCCCCCCCC(C)(C)C(=O)O. The fraction of sp³-hybridized carbons (Fsp3) is 0.963. The van der Waals surface area contributed by atoms with Gasteiger partial charge >= 0.3 is 5.97 Å². The van der Waals surface area contributed by atoms with Crippen LogP contribution in [0, 0.1) is 5.41 Å². The summed E-state index contributed by atoms with van der Waals surface area (Å²) in [6.07, 6.45) is 30.0. The second-order valence-corrected chi connectivity index (χ2v) is 10.0. The van der Waals surface area contributed by atoms with Crippen LogP contribution in [0.1, 0.15) is 162 Å². The zero-order valence-corrected chi connectivity index (χ0v) is 20.4. The van der Waals surface area contributed by atoms with Gasteiger partial charge in [-0.05, 0) is 20.3 Å². The maximum Gasteiger partial charge on any atom is 0.309 e. The van der Waals surface area contributed by atoms with Crippen molar-refractivity contribution >= 4 is 5.97 Å². The van der Waals surface area contributed by atoms with Crippen molar-refractivity contribution in [1.82, 2.24) is 0 Å². The van der Waals surface area contributed by atoms with E-state index in [1.807, 2.05) is 13.8 Å². The van der Waals surface area contributed by atoms with Gasteiger partial charge in [0.1, 0.15) is 0 Å². The first-order valence-electron chi connectivity index (χ1n) is 13.2. The predicted octanol–water partition coefficient (Wildman–Crippen LogP) is 9.70. The van der Waals surface area contributed by atoms with E-state index in [-0.39, 0.29) is 0 Å². The van der Waals surface area contributed by atoms with E-state index in [1.165, 1.54) is 128 Å². The highest BCUT2D eigenvalue weighted by Crippen LogP contribution is 2.24. The molecule has 0 unspecified atom stereocenters. The van der Waals surface area contributed by atoms with Crippen LogP contribution in [0.4, 0.5) is 0 Å². The Balaban J connectivity index is 3.11. The number of rotatable bonds is 23. The zero-order valence-electron chi connectivity index (χ0n) is 20.4. The van der Waals surface area contributed by atoms with Crippen LogP contribution >= 0.6 is 0 Å². The predicted molar refractivity (Wildman–Crippen MR) is 129 cm³/mol. The molecule has 1 N–H and O–H groups in total. The molecule has 0 radical (unpaired) electrons. The van der Waals surface area contributed by atoms with Crippen molar-refractivity contribution in [3.8, 4) is 0 Å². The van der Waals surface area contributed by atoms with Gasteiger partial charge in [-0.15, -0.1) is 0 Å². The van der Waals surface area contributed by atoms with E-state index in [0.717, 1.165) is 12.8 Å². The van der Waals surface area contributed by atoms with Crippen LogP contribution < -0.4 is 0 Å². The summed E-state index contributed by atoms with van der Waals surface area (Å²) in [6, 6.07) is 0. The van der Waals surface area contributed by atoms with Crippen molar-refractivity contribution in [3.05, 3.63) is 0 Å². The number of aliphatic carboxylic acids is 1. The van der Waals surface area contributed by atoms with Crippen LogP contribution in [0.2, 0.25) is 0 Å². The van der Waals surface area contributed by atoms with Crippen LogP contribution in [0.25, 0.3) is 0 Å². The summed E-state index contributed by atoms with van der Waals surface area (Å²) in [7, 11) is 0. The molecule has 0 heterocycles. The smallest absolute Gasteiger partial charge is 0.309 e. The molecule has 0 fully saturated rings. The Morgan fingerprint density at radius 1 is 0.517 bits per heavy atom. The largest absolute Gasteiger partial charge is 0.481 e. The lowest BCUT2D eigenvalue weighted by Crippen LogP contribution is -2.23. The van der Waals surface area contributed by atoms with E-state index < -0.39 is 11.4 Å². The molecule has 0 bridgehead atoms. The minimum Gasteiger partial charge on any atom is -0.481 e. The first-order chi connectivity index (χ1) is 14.0. The van der Waals surface area contributed by atoms with Gasteiger partial charge in [0.2, 0.25) is 0 Å². The highest BCUT2D eigenvalue weighted by Gasteiger charge is 2.25. The van der Waals surface area contributed by atoms with Crippen molar-refractivity contribution in [2.24, 2.45) is 5.41 Å². The molecule has 0 aromatic rings. The number of hydrogen-bond acceptors (Lipinski definition) is 1. The van der Waals surface area contributed by atoms with E-state index in [2.05, 4.69) is 6.92 Å². The number of carboxylic acids is 1. The second-order valence-electron chi connectivity index (χ2n) is 10.0. The van der Waals surface area contributed by atoms with E-state index in [9.17, 15) is 4.79 Å². The topological polar surface area (TPSA) is 37.3 Å². The molecule has 0 aromatic carbocycles. The van der Waals surface area contributed by atoms with Crippen LogP contribution in [0.3, 0.4) is 0 Å². The summed E-state index contributed by atoms with van der Waals surface area (Å²) in [6.45, 7) is 5.97. The third-order valence-corrected chi connectivity index (χ3v) is 6.48. The van der Waals surface area contributed by atoms with Crippen molar-refractivity contribution in [1.29, 1.82) is 0 Å². The standard InChI is InChI=1S/C27H54O2/c1-4-5-6-7-8-9-10-11-12-13-14-15-16-17-18-19-20-21-22-23-24-25-27(2,3)26(28)29/h4-25H2,1-3H3,(H,28,29). The lowest BCUT2D eigenvalue weighted by molar-refractivity contribution is -0.147. The van der Waals surface area contributed by atoms with Gasteiger partial charge in [-0.25, -0.2) is 0 Å². The van der Waals surface area contributed by atoms with Crippen LogP contribution in [0.5, 0.6) is 0 Å². The molecule has 2 nitrogen and oxygen atoms in total. The lowest BCUT2D eigenvalue weighted by atomic mass is 9.87. The number of unbranched alkanes of at least 4 members (excludes halogenated alkanes) is 20. The summed E-state index contributed by atoms with van der Waals surface area (Å²) in [5, 5.41) is 9.11. The van der Waals surface area contributed by atoms with Gasteiger partial charge in [0.25, 0.3) is 0 Å². The van der Waals surface area contributed by atoms with Crippen LogP contribution in [-0.4, -0.2) is 11.1 Å². The van der Waals surface area contributed by atoms with Gasteiger partial charge in [-0.2, -0.15) is 0 Å². The summed E-state index contributed by atoms with van der Waals surface area (Å²) < 4.78 is 0. The molecule has 0 spiro atoms. The van der Waals surface area contributed by atoms with E-state index in [4.69, 9.17) is 5.11 Å². The number of carboxylic acid groups (broad SMARTS) is 1. The van der Waals surface area contributed by atoms with Crippen LogP contribution in [0.15, 0.2) is 0 Å². The third-order valence-electron chi connectivity index (χ3n) is 6.48. The Labute approximate surface area is 183 Å². The molecule has 0 aliphatic heterocycles. The van der Waals surface area contributed by atoms with E-state index in [0.29, 0.717) is 0 Å². The van der Waals surface area contributed by atoms with Crippen molar-refractivity contribution in [2.75, 3.05) is 0 Å². The van der Waals surface area contributed by atoms with Crippen molar-refractivity contribution < 1.29 is 9.90 Å². The molecule has 0 aliphatic carbocycles. The molecule has 0 amide bonds. The Morgan fingerprint density at radius 2 is 0.759 bits per heavy atom. The Hall–Kier alpha value is -0.530. The quantitative estimate of drug-likeness (QED) is 0.170. The minimum atomic E-state index is -0.661. The number of carbonyl (C=O) groups is 1. The molecule has 0 aromatic heterocycles. The Bertz CT molecular complexity index is 348. The second kappa shape index (κ2) is 20.7. The minimum absolute atomic E-state index is 0.548. The summed E-state index contributed by atoms with van der Waals surface area (Å²) in [5.41, 5.74) is -0.548. The van der Waals surface area contributed by atoms with Gasteiger partial charge in [-0.1, -0.05) is 142 Å². The highest BCUT2D eigenvalue weighted by atomic mass is 16.4. The van der Waals surface area contributed by atoms with E-state index >= 15 is 0 Å². The summed E-state index contributed by atoms with van der Waals surface area (Å²) >= 11 is 0. The van der Waals surface area contributed by atoms with Gasteiger partial charge in [0.05, 0.1) is 5.41 Å². The summed E-state index contributed by atoms with van der Waals surface area (Å²) in [4.78, 5) is 11.1. The maximum atomic E-state index is 11.1. The molecule has 0 saturated heterocycles. The average Bonchev–Trinajstić information content (AvgIpc) is 2.69. The van der Waals surface area contributed by atoms with Crippen molar-refractivity contribution in [3.63, 3.8) is 0 Å². The van der Waals surface area contributed by atoms with Crippen LogP contribution in [-0.2, 0) is 4.79 Å². The summed E-state index contributed by atoms with van der Waals surface area (Å²) in [5.74, 6) is -0.661. The Morgan fingerprint density at radius 3 is 1.00 bits per heavy atom. The molecular weight excluding hydrogens is 356 g/mol. The average molecular weight is 411 g/mol. The molecule has 0 saturated carbocycles. The lowest BCUT2D eigenvalue weighted by Gasteiger charge is -2.18. The van der Waals surface area contributed by atoms with Gasteiger partial charge in [0, 0.05) is 0 Å². The monoisotopic (exact) mass is 410 g/mol. The van der Waals surface area contributed by atoms with Crippen molar-refractivity contribution in [2.45, 2.75) is 162 Å². The molecular formula is C27H54O2. The molecule has 29 heavy (non-hydrogen) atoms. The molecule has 0 rings (SSSR count). The maximum absolute atomic E-state index is 11.1. The molecule has 0 aliphatic rings. The van der Waals surface area contributed by atoms with Gasteiger partial charge < -0.3 is 5.11 Å². The van der Waals surface area contributed by atoms with E-state index in [1.54, 1.807) is 0 Å². The van der Waals surface area contributed by atoms with Gasteiger partial charge in [0.15, 0.2) is 0 Å². The normalized spacial score (nSPS) is 11.8. The fourth-order valence-electron chi connectivity index (χ4n) is 4.11.